The van der Waals surface area contributed by atoms with Gasteiger partial charge in [0.05, 0.1) is 0 Å². The van der Waals surface area contributed by atoms with E-state index in [1.807, 2.05) is 60.9 Å². The maximum absolute atomic E-state index is 6.46. The van der Waals surface area contributed by atoms with Crippen LogP contribution in [0.1, 0.15) is 0 Å². The third-order valence-electron chi connectivity index (χ3n) is 9.50. The van der Waals surface area contributed by atoms with Gasteiger partial charge in [0.25, 0.3) is 0 Å². The Labute approximate surface area is 293 Å². The minimum Gasteiger partial charge on any atom is -0.457 e. The van der Waals surface area contributed by atoms with E-state index in [2.05, 4.69) is 107 Å². The molecule has 0 saturated carbocycles. The average molecular weight is 657 g/mol. The van der Waals surface area contributed by atoms with Crippen LogP contribution >= 0.6 is 0 Å². The van der Waals surface area contributed by atoms with Crippen LogP contribution in [0, 0.1) is 0 Å². The van der Waals surface area contributed by atoms with Crippen molar-refractivity contribution in [3.05, 3.63) is 170 Å². The van der Waals surface area contributed by atoms with Crippen LogP contribution in [0.5, 0.6) is 11.5 Å². The second-order valence-corrected chi connectivity index (χ2v) is 12.7. The fourth-order valence-electron chi connectivity index (χ4n) is 6.97. The molecule has 0 aliphatic carbocycles. The van der Waals surface area contributed by atoms with Crippen molar-refractivity contribution in [1.29, 1.82) is 0 Å². The molecule has 51 heavy (non-hydrogen) atoms. The van der Waals surface area contributed by atoms with E-state index in [0.29, 0.717) is 0 Å². The molecule has 240 valence electrons. The number of ether oxygens (including phenoxy) is 1. The van der Waals surface area contributed by atoms with Gasteiger partial charge in [-0.25, -0.2) is 0 Å². The van der Waals surface area contributed by atoms with Crippen LogP contribution in [0.3, 0.4) is 0 Å². The predicted octanol–water partition coefficient (Wildman–Crippen LogP) is 12.7. The van der Waals surface area contributed by atoms with Crippen molar-refractivity contribution in [2.45, 2.75) is 0 Å². The summed E-state index contributed by atoms with van der Waals surface area (Å²) in [7, 11) is 0. The van der Waals surface area contributed by atoms with Crippen molar-refractivity contribution < 1.29 is 13.6 Å². The van der Waals surface area contributed by atoms with E-state index in [1.54, 1.807) is 12.4 Å². The van der Waals surface area contributed by atoms with Gasteiger partial charge in [0.15, 0.2) is 0 Å². The summed E-state index contributed by atoms with van der Waals surface area (Å²) in [5.74, 6) is 1.55. The average Bonchev–Trinajstić information content (AvgIpc) is 3.76. The molecule has 4 aromatic heterocycles. The van der Waals surface area contributed by atoms with E-state index in [0.717, 1.165) is 99.9 Å². The minimum atomic E-state index is 0.776. The molecular formula is C46H28N2O3. The van der Waals surface area contributed by atoms with Crippen molar-refractivity contribution in [3.8, 4) is 56.0 Å². The zero-order chi connectivity index (χ0) is 33.7. The first-order chi connectivity index (χ1) is 25.2. The number of fused-ring (bicyclic) bond motifs is 6. The Morgan fingerprint density at radius 3 is 1.16 bits per heavy atom. The molecule has 10 aromatic rings. The van der Waals surface area contributed by atoms with E-state index in [1.165, 1.54) is 0 Å². The van der Waals surface area contributed by atoms with Gasteiger partial charge < -0.3 is 13.6 Å². The van der Waals surface area contributed by atoms with Crippen LogP contribution in [-0.2, 0) is 0 Å². The first-order valence-electron chi connectivity index (χ1n) is 16.8. The summed E-state index contributed by atoms with van der Waals surface area (Å²) >= 11 is 0. The molecule has 0 amide bonds. The second kappa shape index (κ2) is 11.9. The van der Waals surface area contributed by atoms with Gasteiger partial charge in [0, 0.05) is 46.3 Å². The Hall–Kier alpha value is -6.98. The highest BCUT2D eigenvalue weighted by Gasteiger charge is 2.12. The van der Waals surface area contributed by atoms with Gasteiger partial charge >= 0.3 is 0 Å². The van der Waals surface area contributed by atoms with Gasteiger partial charge in [-0.15, -0.1) is 0 Å². The lowest BCUT2D eigenvalue weighted by atomic mass is 9.98. The van der Waals surface area contributed by atoms with Crippen LogP contribution in [0.25, 0.3) is 88.4 Å². The lowest BCUT2D eigenvalue weighted by Gasteiger charge is -2.11. The van der Waals surface area contributed by atoms with Crippen LogP contribution < -0.4 is 4.74 Å². The normalized spacial score (nSPS) is 11.5. The van der Waals surface area contributed by atoms with E-state index in [-0.39, 0.29) is 0 Å². The van der Waals surface area contributed by atoms with Crippen LogP contribution in [-0.4, -0.2) is 9.97 Å². The molecule has 0 aliphatic heterocycles. The van der Waals surface area contributed by atoms with Crippen molar-refractivity contribution in [2.75, 3.05) is 0 Å². The number of benzene rings is 6. The van der Waals surface area contributed by atoms with Gasteiger partial charge in [0.1, 0.15) is 33.8 Å². The van der Waals surface area contributed by atoms with Gasteiger partial charge in [-0.05, 0) is 117 Å². The number of rotatable bonds is 6. The van der Waals surface area contributed by atoms with Gasteiger partial charge in [-0.1, -0.05) is 72.8 Å². The number of pyridine rings is 2. The Morgan fingerprint density at radius 2 is 0.706 bits per heavy atom. The monoisotopic (exact) mass is 656 g/mol. The van der Waals surface area contributed by atoms with Crippen LogP contribution in [0.2, 0.25) is 0 Å². The zero-order valence-corrected chi connectivity index (χ0v) is 27.3. The number of hydrogen-bond acceptors (Lipinski definition) is 5. The van der Waals surface area contributed by atoms with Crippen molar-refractivity contribution in [1.82, 2.24) is 9.97 Å². The maximum atomic E-state index is 6.46. The summed E-state index contributed by atoms with van der Waals surface area (Å²) in [6, 6.07) is 50.2. The van der Waals surface area contributed by atoms with Crippen LogP contribution in [0.15, 0.2) is 179 Å². The highest BCUT2D eigenvalue weighted by atomic mass is 16.5. The molecule has 0 fully saturated rings. The molecule has 0 bridgehead atoms. The molecular weight excluding hydrogens is 629 g/mol. The lowest BCUT2D eigenvalue weighted by molar-refractivity contribution is 0.483. The van der Waals surface area contributed by atoms with E-state index >= 15 is 0 Å². The molecule has 0 atom stereocenters. The van der Waals surface area contributed by atoms with Crippen molar-refractivity contribution >= 4 is 43.9 Å². The highest BCUT2D eigenvalue weighted by molar-refractivity contribution is 6.07. The lowest BCUT2D eigenvalue weighted by Crippen LogP contribution is -1.87. The largest absolute Gasteiger partial charge is 0.457 e. The summed E-state index contributed by atoms with van der Waals surface area (Å²) < 4.78 is 18.5. The Morgan fingerprint density at radius 1 is 0.333 bits per heavy atom. The minimum absolute atomic E-state index is 0.776. The predicted molar refractivity (Wildman–Crippen MR) is 205 cm³/mol. The molecule has 5 nitrogen and oxygen atoms in total. The summed E-state index contributed by atoms with van der Waals surface area (Å²) in [4.78, 5) is 8.61. The molecule has 0 spiro atoms. The van der Waals surface area contributed by atoms with Gasteiger partial charge in [-0.3, -0.25) is 9.97 Å². The number of aromatic nitrogens is 2. The maximum Gasteiger partial charge on any atom is 0.138 e. The van der Waals surface area contributed by atoms with Gasteiger partial charge in [0.2, 0.25) is 0 Å². The molecule has 0 aliphatic rings. The summed E-state index contributed by atoms with van der Waals surface area (Å²) in [5, 5.41) is 4.16. The molecule has 0 unspecified atom stereocenters. The van der Waals surface area contributed by atoms with Gasteiger partial charge in [-0.2, -0.15) is 0 Å². The molecule has 0 N–H and O–H groups in total. The van der Waals surface area contributed by atoms with E-state index in [4.69, 9.17) is 13.6 Å². The summed E-state index contributed by atoms with van der Waals surface area (Å²) in [6.07, 6.45) is 7.24. The fourth-order valence-corrected chi connectivity index (χ4v) is 6.97. The molecule has 10 rings (SSSR count). The number of nitrogens with zero attached hydrogens (tertiary/aromatic N) is 2. The Kier molecular flexibility index (Phi) is 6.74. The van der Waals surface area contributed by atoms with Crippen molar-refractivity contribution in [3.63, 3.8) is 0 Å². The standard InChI is InChI=1S/C46H28N2O3/c1-5-29(21-31(7-1)35-13-15-43-39(25-35)41-27-47-19-17-45(41)50-43)33-9-3-11-37(23-33)49-38-12-4-10-34(24-38)30-6-2-8-32(22-30)36-14-16-44-40(26-36)42-28-48-20-18-46(42)51-44/h1-28H. The Bertz CT molecular complexity index is 2720. The van der Waals surface area contributed by atoms with Crippen LogP contribution in [0.4, 0.5) is 0 Å². The summed E-state index contributed by atoms with van der Waals surface area (Å²) in [6.45, 7) is 0. The van der Waals surface area contributed by atoms with Crippen molar-refractivity contribution in [2.24, 2.45) is 0 Å². The first kappa shape index (κ1) is 29.0. The topological polar surface area (TPSA) is 61.3 Å². The first-order valence-corrected chi connectivity index (χ1v) is 16.8. The Balaban J connectivity index is 0.920. The molecule has 4 heterocycles. The molecule has 6 aromatic carbocycles. The van der Waals surface area contributed by atoms with E-state index < -0.39 is 0 Å². The number of hydrogen-bond donors (Lipinski definition) is 0. The second-order valence-electron chi connectivity index (χ2n) is 12.7. The molecule has 0 radical (unpaired) electrons. The fraction of sp³-hybridized carbons (Fsp3) is 0. The quantitative estimate of drug-likeness (QED) is 0.178. The number of furan rings is 2. The third kappa shape index (κ3) is 5.29. The smallest absolute Gasteiger partial charge is 0.138 e. The highest BCUT2D eigenvalue weighted by Crippen LogP contribution is 2.36. The summed E-state index contributed by atoms with van der Waals surface area (Å²) in [5.41, 5.74) is 12.3. The SMILES string of the molecule is c1cc(Oc2cccc(-c3cccc(-c4ccc5oc6ccncc6c5c4)c3)c2)cc(-c2cccc(-c3ccc4oc5ccncc5c4c3)c2)c1. The zero-order valence-electron chi connectivity index (χ0n) is 27.3. The molecule has 0 saturated heterocycles. The van der Waals surface area contributed by atoms with E-state index in [9.17, 15) is 0 Å². The third-order valence-corrected chi connectivity index (χ3v) is 9.50. The molecule has 5 heteroatoms.